The third-order valence-corrected chi connectivity index (χ3v) is 6.64. The first-order valence-corrected chi connectivity index (χ1v) is 11.2. The van der Waals surface area contributed by atoms with Crippen molar-refractivity contribution in [3.63, 3.8) is 0 Å². The Morgan fingerprint density at radius 3 is 2.78 bits per heavy atom. The summed E-state index contributed by atoms with van der Waals surface area (Å²) in [5, 5.41) is 11.2. The molecular formula is C23H17ClN4O3S. The van der Waals surface area contributed by atoms with Crippen molar-refractivity contribution in [2.75, 3.05) is 0 Å². The van der Waals surface area contributed by atoms with Gasteiger partial charge in [-0.2, -0.15) is 0 Å². The highest BCUT2D eigenvalue weighted by Gasteiger charge is 2.17. The van der Waals surface area contributed by atoms with Gasteiger partial charge in [0.1, 0.15) is 5.58 Å². The van der Waals surface area contributed by atoms with E-state index in [2.05, 4.69) is 16.8 Å². The van der Waals surface area contributed by atoms with E-state index in [9.17, 15) is 9.59 Å². The summed E-state index contributed by atoms with van der Waals surface area (Å²) < 4.78 is 8.75. The molecule has 2 aromatic carbocycles. The molecule has 0 aliphatic heterocycles. The van der Waals surface area contributed by atoms with Gasteiger partial charge >= 0.3 is 5.63 Å². The van der Waals surface area contributed by atoms with Gasteiger partial charge in [-0.05, 0) is 42.3 Å². The molecule has 9 heteroatoms. The van der Waals surface area contributed by atoms with Crippen molar-refractivity contribution in [2.45, 2.75) is 24.4 Å². The summed E-state index contributed by atoms with van der Waals surface area (Å²) in [6.45, 7) is 5.92. The molecule has 0 fully saturated rings. The third-order valence-electron chi connectivity index (χ3n) is 5.26. The molecule has 5 aromatic rings. The van der Waals surface area contributed by atoms with Crippen molar-refractivity contribution in [3.05, 3.63) is 92.0 Å². The van der Waals surface area contributed by atoms with Crippen LogP contribution in [0.3, 0.4) is 0 Å². The Kier molecular flexibility index (Phi) is 5.11. The second-order valence-electron chi connectivity index (χ2n) is 7.32. The number of hydrogen-bond donors (Lipinski definition) is 0. The standard InChI is InChI=1S/C23H17ClN4O3S/c1-3-8-27-21(30)15-6-4-5-7-18(15)28-22(27)25-26-23(28)32-12-14-10-20(29)31-19-9-13(2)17(24)11-16(14)19/h3-7,9-11H,1,8,12H2,2H3. The summed E-state index contributed by atoms with van der Waals surface area (Å²) >= 11 is 7.73. The van der Waals surface area contributed by atoms with E-state index >= 15 is 0 Å². The van der Waals surface area contributed by atoms with E-state index in [1.807, 2.05) is 35.6 Å². The molecule has 0 N–H and O–H groups in total. The van der Waals surface area contributed by atoms with Gasteiger partial charge in [-0.1, -0.05) is 41.6 Å². The maximum atomic E-state index is 12.9. The second kappa shape index (κ2) is 7.96. The molecule has 0 saturated heterocycles. The molecule has 3 aromatic heterocycles. The van der Waals surface area contributed by atoms with Crippen LogP contribution < -0.4 is 11.2 Å². The van der Waals surface area contributed by atoms with E-state index in [4.69, 9.17) is 16.0 Å². The summed E-state index contributed by atoms with van der Waals surface area (Å²) in [7, 11) is 0. The molecule has 0 spiro atoms. The predicted molar refractivity (Wildman–Crippen MR) is 127 cm³/mol. The molecule has 32 heavy (non-hydrogen) atoms. The minimum absolute atomic E-state index is 0.145. The first-order chi connectivity index (χ1) is 15.5. The van der Waals surface area contributed by atoms with E-state index in [0.29, 0.717) is 39.2 Å². The minimum atomic E-state index is -0.425. The average molecular weight is 465 g/mol. The highest BCUT2D eigenvalue weighted by Crippen LogP contribution is 2.30. The summed E-state index contributed by atoms with van der Waals surface area (Å²) in [5.41, 5.74) is 2.26. The number of halogens is 1. The molecule has 0 unspecified atom stereocenters. The quantitative estimate of drug-likeness (QED) is 0.215. The zero-order chi connectivity index (χ0) is 22.4. The second-order valence-corrected chi connectivity index (χ2v) is 8.67. The van der Waals surface area contributed by atoms with Crippen LogP contribution in [0.25, 0.3) is 27.6 Å². The zero-order valence-corrected chi connectivity index (χ0v) is 18.6. The van der Waals surface area contributed by atoms with Crippen LogP contribution in [0, 0.1) is 6.92 Å². The number of allylic oxidation sites excluding steroid dienone is 1. The largest absolute Gasteiger partial charge is 0.423 e. The fourth-order valence-electron chi connectivity index (χ4n) is 3.73. The molecule has 5 rings (SSSR count). The lowest BCUT2D eigenvalue weighted by Crippen LogP contribution is -2.22. The Balaban J connectivity index is 1.65. The van der Waals surface area contributed by atoms with Crippen LogP contribution in [0.4, 0.5) is 0 Å². The van der Waals surface area contributed by atoms with Gasteiger partial charge in [-0.3, -0.25) is 13.8 Å². The summed E-state index contributed by atoms with van der Waals surface area (Å²) in [6.07, 6.45) is 1.65. The molecule has 7 nitrogen and oxygen atoms in total. The number of nitrogens with zero attached hydrogens (tertiary/aromatic N) is 4. The summed E-state index contributed by atoms with van der Waals surface area (Å²) in [6, 6.07) is 12.4. The molecule has 3 heterocycles. The number of benzene rings is 2. The Morgan fingerprint density at radius 2 is 1.97 bits per heavy atom. The van der Waals surface area contributed by atoms with Crippen molar-refractivity contribution in [1.82, 2.24) is 19.2 Å². The Bertz CT molecular complexity index is 1650. The van der Waals surface area contributed by atoms with Crippen LogP contribution in [0.15, 0.2) is 74.3 Å². The highest BCUT2D eigenvalue weighted by atomic mass is 35.5. The van der Waals surface area contributed by atoms with Gasteiger partial charge in [0.25, 0.3) is 5.56 Å². The highest BCUT2D eigenvalue weighted by molar-refractivity contribution is 7.98. The van der Waals surface area contributed by atoms with Gasteiger partial charge in [0.05, 0.1) is 10.9 Å². The van der Waals surface area contributed by atoms with Crippen LogP contribution in [-0.2, 0) is 12.3 Å². The predicted octanol–water partition coefficient (Wildman–Crippen LogP) is 4.59. The van der Waals surface area contributed by atoms with Gasteiger partial charge in [-0.25, -0.2) is 4.79 Å². The lowest BCUT2D eigenvalue weighted by Gasteiger charge is -2.10. The van der Waals surface area contributed by atoms with E-state index in [0.717, 1.165) is 22.0 Å². The van der Waals surface area contributed by atoms with E-state index < -0.39 is 5.63 Å². The normalized spacial score (nSPS) is 11.6. The Morgan fingerprint density at radius 1 is 1.16 bits per heavy atom. The monoisotopic (exact) mass is 464 g/mol. The number of rotatable bonds is 5. The van der Waals surface area contributed by atoms with Crippen molar-refractivity contribution in [2.24, 2.45) is 0 Å². The maximum absolute atomic E-state index is 12.9. The number of thioether (sulfide) groups is 1. The maximum Gasteiger partial charge on any atom is 0.336 e. The first kappa shape index (κ1) is 20.5. The van der Waals surface area contributed by atoms with Gasteiger partial charge in [0.2, 0.25) is 5.78 Å². The average Bonchev–Trinajstić information content (AvgIpc) is 3.20. The lowest BCUT2D eigenvalue weighted by atomic mass is 10.1. The van der Waals surface area contributed by atoms with Gasteiger partial charge in [0, 0.05) is 28.8 Å². The molecule has 160 valence electrons. The van der Waals surface area contributed by atoms with Crippen molar-refractivity contribution in [3.8, 4) is 0 Å². The van der Waals surface area contributed by atoms with Gasteiger partial charge in [0.15, 0.2) is 5.16 Å². The van der Waals surface area contributed by atoms with E-state index in [1.165, 1.54) is 17.8 Å². The fourth-order valence-corrected chi connectivity index (χ4v) is 4.83. The van der Waals surface area contributed by atoms with Crippen LogP contribution in [0.1, 0.15) is 11.1 Å². The fraction of sp³-hybridized carbons (Fsp3) is 0.130. The molecule has 0 radical (unpaired) electrons. The SMILES string of the molecule is C=CCn1c(=O)c2ccccc2n2c(SCc3cc(=O)oc4cc(C)c(Cl)cc34)nnc12. The van der Waals surface area contributed by atoms with E-state index in [-0.39, 0.29) is 5.56 Å². The zero-order valence-electron chi connectivity index (χ0n) is 17.0. The van der Waals surface area contributed by atoms with Crippen LogP contribution in [0.2, 0.25) is 5.02 Å². The number of aromatic nitrogens is 4. The Labute approximate surface area is 190 Å². The Hall–Kier alpha value is -3.36. The smallest absolute Gasteiger partial charge is 0.336 e. The number of hydrogen-bond acceptors (Lipinski definition) is 6. The van der Waals surface area contributed by atoms with Gasteiger partial charge in [-0.15, -0.1) is 16.8 Å². The molecular weight excluding hydrogens is 448 g/mol. The summed E-state index contributed by atoms with van der Waals surface area (Å²) in [5.74, 6) is 0.879. The minimum Gasteiger partial charge on any atom is -0.423 e. The molecule has 0 atom stereocenters. The number of fused-ring (bicyclic) bond motifs is 4. The summed E-state index contributed by atoms with van der Waals surface area (Å²) in [4.78, 5) is 25.0. The third kappa shape index (κ3) is 3.32. The molecule has 0 aliphatic carbocycles. The molecule has 0 amide bonds. The van der Waals surface area contributed by atoms with Crippen molar-refractivity contribution < 1.29 is 4.42 Å². The number of para-hydroxylation sites is 1. The van der Waals surface area contributed by atoms with Crippen molar-refractivity contribution in [1.29, 1.82) is 0 Å². The lowest BCUT2D eigenvalue weighted by molar-refractivity contribution is 0.559. The van der Waals surface area contributed by atoms with Crippen molar-refractivity contribution >= 4 is 51.0 Å². The topological polar surface area (TPSA) is 82.4 Å². The van der Waals surface area contributed by atoms with Crippen LogP contribution >= 0.6 is 23.4 Å². The molecule has 0 aliphatic rings. The van der Waals surface area contributed by atoms with Gasteiger partial charge < -0.3 is 4.42 Å². The van der Waals surface area contributed by atoms with Crippen LogP contribution in [-0.4, -0.2) is 19.2 Å². The number of aryl methyl sites for hydroxylation is 1. The van der Waals surface area contributed by atoms with E-state index in [1.54, 1.807) is 22.8 Å². The first-order valence-electron chi connectivity index (χ1n) is 9.81. The molecule has 0 saturated carbocycles. The molecule has 0 bridgehead atoms. The van der Waals surface area contributed by atoms with Crippen LogP contribution in [0.5, 0.6) is 0 Å².